The lowest BCUT2D eigenvalue weighted by molar-refractivity contribution is 0.415. The SMILES string of the molecule is CCCCCCCCCCNc1nc(-c2ccc(OC)cc2)nc2sc3c(c12)CCCC3. The minimum absolute atomic E-state index is 0.803. The van der Waals surface area contributed by atoms with Crippen molar-refractivity contribution in [2.75, 3.05) is 19.0 Å². The summed E-state index contributed by atoms with van der Waals surface area (Å²) in [6.07, 6.45) is 15.6. The van der Waals surface area contributed by atoms with Gasteiger partial charge in [-0.3, -0.25) is 0 Å². The van der Waals surface area contributed by atoms with Gasteiger partial charge in [-0.05, 0) is 61.9 Å². The first-order chi connectivity index (χ1) is 15.8. The minimum atomic E-state index is 0.803. The van der Waals surface area contributed by atoms with Gasteiger partial charge in [0.05, 0.1) is 12.5 Å². The highest BCUT2D eigenvalue weighted by Gasteiger charge is 2.21. The van der Waals surface area contributed by atoms with Crippen LogP contribution in [0.2, 0.25) is 0 Å². The number of benzene rings is 1. The Morgan fingerprint density at radius 1 is 0.906 bits per heavy atom. The number of thiophene rings is 1. The number of ether oxygens (including phenoxy) is 1. The van der Waals surface area contributed by atoms with Crippen molar-refractivity contribution >= 4 is 27.4 Å². The molecule has 4 rings (SSSR count). The largest absolute Gasteiger partial charge is 0.497 e. The first-order valence-corrected chi connectivity index (χ1v) is 13.3. The van der Waals surface area contributed by atoms with Crippen molar-refractivity contribution in [1.82, 2.24) is 9.97 Å². The fourth-order valence-electron chi connectivity index (χ4n) is 4.62. The Morgan fingerprint density at radius 3 is 2.38 bits per heavy atom. The van der Waals surface area contributed by atoms with Crippen LogP contribution in [0.5, 0.6) is 5.75 Å². The Kier molecular flexibility index (Phi) is 8.38. The first-order valence-electron chi connectivity index (χ1n) is 12.5. The molecule has 0 aliphatic heterocycles. The van der Waals surface area contributed by atoms with Gasteiger partial charge in [-0.25, -0.2) is 9.97 Å². The van der Waals surface area contributed by atoms with Gasteiger partial charge in [-0.1, -0.05) is 51.9 Å². The molecule has 0 amide bonds. The predicted molar refractivity (Wildman–Crippen MR) is 137 cm³/mol. The summed E-state index contributed by atoms with van der Waals surface area (Å²) in [7, 11) is 1.70. The van der Waals surface area contributed by atoms with Gasteiger partial charge in [0.25, 0.3) is 0 Å². The van der Waals surface area contributed by atoms with Crippen LogP contribution in [0.4, 0.5) is 5.82 Å². The molecule has 0 atom stereocenters. The third-order valence-corrected chi connectivity index (χ3v) is 7.67. The zero-order valence-corrected chi connectivity index (χ0v) is 20.5. The number of nitrogens with zero attached hydrogens (tertiary/aromatic N) is 2. The number of methoxy groups -OCH3 is 1. The van der Waals surface area contributed by atoms with E-state index in [-0.39, 0.29) is 0 Å². The lowest BCUT2D eigenvalue weighted by atomic mass is 9.97. The fourth-order valence-corrected chi connectivity index (χ4v) is 5.88. The van der Waals surface area contributed by atoms with Gasteiger partial charge in [0.15, 0.2) is 5.82 Å². The molecule has 172 valence electrons. The van der Waals surface area contributed by atoms with Gasteiger partial charge >= 0.3 is 0 Å². The maximum atomic E-state index is 5.32. The van der Waals surface area contributed by atoms with E-state index >= 15 is 0 Å². The third kappa shape index (κ3) is 5.61. The molecular formula is C27H37N3OS. The molecule has 4 nitrogen and oxygen atoms in total. The number of fused-ring (bicyclic) bond motifs is 3. The van der Waals surface area contributed by atoms with Gasteiger partial charge in [-0.15, -0.1) is 11.3 Å². The molecule has 0 unspecified atom stereocenters. The molecule has 5 heteroatoms. The molecule has 32 heavy (non-hydrogen) atoms. The van der Waals surface area contributed by atoms with E-state index in [0.717, 1.165) is 40.8 Å². The quantitative estimate of drug-likeness (QED) is 0.285. The topological polar surface area (TPSA) is 47.0 Å². The van der Waals surface area contributed by atoms with Gasteiger partial charge in [0, 0.05) is 17.0 Å². The van der Waals surface area contributed by atoms with E-state index in [0.29, 0.717) is 0 Å². The van der Waals surface area contributed by atoms with Crippen molar-refractivity contribution in [3.05, 3.63) is 34.7 Å². The summed E-state index contributed by atoms with van der Waals surface area (Å²) in [6, 6.07) is 8.07. The lowest BCUT2D eigenvalue weighted by Crippen LogP contribution is -2.07. The number of nitrogens with one attached hydrogen (secondary N) is 1. The fraction of sp³-hybridized carbons (Fsp3) is 0.556. The molecule has 0 saturated carbocycles. The van der Waals surface area contributed by atoms with Crippen molar-refractivity contribution < 1.29 is 4.74 Å². The normalized spacial score (nSPS) is 13.3. The second kappa shape index (κ2) is 11.6. The third-order valence-electron chi connectivity index (χ3n) is 6.49. The van der Waals surface area contributed by atoms with E-state index in [1.54, 1.807) is 7.11 Å². The average molecular weight is 452 g/mol. The van der Waals surface area contributed by atoms with Crippen LogP contribution >= 0.6 is 11.3 Å². The zero-order valence-electron chi connectivity index (χ0n) is 19.7. The van der Waals surface area contributed by atoms with E-state index in [9.17, 15) is 0 Å². The van der Waals surface area contributed by atoms with Crippen LogP contribution in [-0.4, -0.2) is 23.6 Å². The molecule has 1 aliphatic rings. The lowest BCUT2D eigenvalue weighted by Gasteiger charge is -2.13. The molecular weight excluding hydrogens is 414 g/mol. The number of aromatic nitrogens is 2. The van der Waals surface area contributed by atoms with Crippen molar-refractivity contribution in [3.63, 3.8) is 0 Å². The summed E-state index contributed by atoms with van der Waals surface area (Å²) in [5.41, 5.74) is 2.53. The zero-order chi connectivity index (χ0) is 22.2. The summed E-state index contributed by atoms with van der Waals surface area (Å²) >= 11 is 1.87. The van der Waals surface area contributed by atoms with Gasteiger partial charge in [0.1, 0.15) is 16.4 Å². The van der Waals surface area contributed by atoms with Crippen molar-refractivity contribution in [3.8, 4) is 17.1 Å². The highest BCUT2D eigenvalue weighted by molar-refractivity contribution is 7.19. The van der Waals surface area contributed by atoms with Crippen molar-refractivity contribution in [2.45, 2.75) is 84.0 Å². The Bertz CT molecular complexity index is 996. The van der Waals surface area contributed by atoms with Crippen LogP contribution in [0.25, 0.3) is 21.6 Å². The number of rotatable bonds is 12. The predicted octanol–water partition coefficient (Wildman–Crippen LogP) is 7.80. The molecule has 0 bridgehead atoms. The van der Waals surface area contributed by atoms with E-state index in [1.165, 1.54) is 86.5 Å². The number of unbranched alkanes of at least 4 members (excludes halogenated alkanes) is 7. The van der Waals surface area contributed by atoms with Crippen LogP contribution in [0, 0.1) is 0 Å². The Hall–Kier alpha value is -2.14. The van der Waals surface area contributed by atoms with Crippen LogP contribution < -0.4 is 10.1 Å². The maximum Gasteiger partial charge on any atom is 0.163 e. The molecule has 2 heterocycles. The van der Waals surface area contributed by atoms with Gasteiger partial charge < -0.3 is 10.1 Å². The minimum Gasteiger partial charge on any atom is -0.497 e. The standard InChI is InChI=1S/C27H37N3OS/c1-3-4-5-6-7-8-9-12-19-28-26-24-22-13-10-11-14-23(22)32-27(24)30-25(29-26)20-15-17-21(31-2)18-16-20/h15-18H,3-14,19H2,1-2H3,(H,28,29,30). The molecule has 0 radical (unpaired) electrons. The monoisotopic (exact) mass is 451 g/mol. The molecule has 1 aliphatic carbocycles. The van der Waals surface area contributed by atoms with Crippen molar-refractivity contribution in [1.29, 1.82) is 0 Å². The molecule has 0 spiro atoms. The van der Waals surface area contributed by atoms with E-state index in [1.807, 2.05) is 23.5 Å². The summed E-state index contributed by atoms with van der Waals surface area (Å²) in [5.74, 6) is 2.69. The molecule has 0 fully saturated rings. The van der Waals surface area contributed by atoms with Crippen LogP contribution in [0.1, 0.15) is 81.6 Å². The molecule has 1 aromatic carbocycles. The molecule has 2 aromatic heterocycles. The average Bonchev–Trinajstić information content (AvgIpc) is 3.21. The highest BCUT2D eigenvalue weighted by Crippen LogP contribution is 2.39. The Labute approximate surface area is 196 Å². The Morgan fingerprint density at radius 2 is 1.62 bits per heavy atom. The van der Waals surface area contributed by atoms with E-state index < -0.39 is 0 Å². The Balaban J connectivity index is 1.48. The molecule has 1 N–H and O–H groups in total. The first kappa shape index (κ1) is 23.0. The van der Waals surface area contributed by atoms with Crippen molar-refractivity contribution in [2.24, 2.45) is 0 Å². The summed E-state index contributed by atoms with van der Waals surface area (Å²) in [5, 5.41) is 4.98. The smallest absolute Gasteiger partial charge is 0.163 e. The summed E-state index contributed by atoms with van der Waals surface area (Å²) < 4.78 is 5.32. The second-order valence-corrected chi connectivity index (χ2v) is 10.0. The summed E-state index contributed by atoms with van der Waals surface area (Å²) in [6.45, 7) is 3.26. The number of hydrogen-bond acceptors (Lipinski definition) is 5. The molecule has 0 saturated heterocycles. The van der Waals surface area contributed by atoms with E-state index in [4.69, 9.17) is 14.7 Å². The number of aryl methyl sites for hydroxylation is 2. The van der Waals surface area contributed by atoms with E-state index in [2.05, 4.69) is 24.4 Å². The van der Waals surface area contributed by atoms with Crippen LogP contribution in [0.15, 0.2) is 24.3 Å². The van der Waals surface area contributed by atoms with Gasteiger partial charge in [-0.2, -0.15) is 0 Å². The van der Waals surface area contributed by atoms with Gasteiger partial charge in [0.2, 0.25) is 0 Å². The maximum absolute atomic E-state index is 5.32. The number of anilines is 1. The molecule has 3 aromatic rings. The second-order valence-electron chi connectivity index (χ2n) is 8.92. The highest BCUT2D eigenvalue weighted by atomic mass is 32.1. The van der Waals surface area contributed by atoms with Crippen LogP contribution in [0.3, 0.4) is 0 Å². The van der Waals surface area contributed by atoms with Crippen LogP contribution in [-0.2, 0) is 12.8 Å². The number of hydrogen-bond donors (Lipinski definition) is 1. The summed E-state index contributed by atoms with van der Waals surface area (Å²) in [4.78, 5) is 12.7.